The maximum Gasteiger partial charge on any atom is 0.281 e. The average molecular weight is 539 g/mol. The van der Waals surface area contributed by atoms with Gasteiger partial charge in [0.25, 0.3) is 15.9 Å². The summed E-state index contributed by atoms with van der Waals surface area (Å²) in [6.45, 7) is 11.7. The van der Waals surface area contributed by atoms with Gasteiger partial charge in [-0.3, -0.25) is 4.79 Å². The lowest BCUT2D eigenvalue weighted by Crippen LogP contribution is -2.41. The average Bonchev–Trinajstić information content (AvgIpc) is 3.14. The first-order chi connectivity index (χ1) is 17.9. The number of hydrogen-bond donors (Lipinski definition) is 2. The van der Waals surface area contributed by atoms with Gasteiger partial charge in [0.1, 0.15) is 11.6 Å². The highest BCUT2D eigenvalue weighted by atomic mass is 32.2. The van der Waals surface area contributed by atoms with Crippen LogP contribution in [0.1, 0.15) is 51.4 Å². The fourth-order valence-corrected chi connectivity index (χ4v) is 5.57. The highest BCUT2D eigenvalue weighted by molar-refractivity contribution is 7.90. The van der Waals surface area contributed by atoms with Crippen molar-refractivity contribution in [2.45, 2.75) is 51.6 Å². The molecule has 38 heavy (non-hydrogen) atoms. The van der Waals surface area contributed by atoms with Gasteiger partial charge in [0.2, 0.25) is 5.88 Å². The molecule has 0 bridgehead atoms. The third-order valence-electron chi connectivity index (χ3n) is 6.29. The number of hydrogen-bond acceptors (Lipinski definition) is 9. The molecule has 1 fully saturated rings. The van der Waals surface area contributed by atoms with Crippen LogP contribution in [0.4, 0.5) is 11.6 Å². The summed E-state index contributed by atoms with van der Waals surface area (Å²) >= 11 is 0. The Labute approximate surface area is 223 Å². The molecule has 0 spiro atoms. The number of pyridine rings is 3. The fourth-order valence-electron chi connectivity index (χ4n) is 4.63. The first-order valence-electron chi connectivity index (χ1n) is 12.5. The van der Waals surface area contributed by atoms with Gasteiger partial charge in [-0.15, -0.1) is 0 Å². The van der Waals surface area contributed by atoms with E-state index in [1.165, 1.54) is 18.2 Å². The predicted molar refractivity (Wildman–Crippen MR) is 146 cm³/mol. The minimum atomic E-state index is -4.25. The lowest BCUT2D eigenvalue weighted by Gasteiger charge is -2.34. The maximum atomic E-state index is 13.4. The zero-order chi connectivity index (χ0) is 27.7. The van der Waals surface area contributed by atoms with Crippen molar-refractivity contribution in [3.63, 3.8) is 0 Å². The molecular weight excluding hydrogens is 504 g/mol. The number of nitrogens with one attached hydrogen (secondary N) is 1. The van der Waals surface area contributed by atoms with Crippen molar-refractivity contribution >= 4 is 27.6 Å². The van der Waals surface area contributed by atoms with Gasteiger partial charge in [0.15, 0.2) is 5.03 Å². The number of nitrogens with two attached hydrogens (primary N) is 1. The molecule has 11 heteroatoms. The van der Waals surface area contributed by atoms with Crippen molar-refractivity contribution in [3.8, 4) is 17.1 Å². The largest absolute Gasteiger partial charge is 0.477 e. The third kappa shape index (κ3) is 6.04. The molecule has 4 rings (SSSR count). The van der Waals surface area contributed by atoms with E-state index in [2.05, 4.69) is 54.2 Å². The van der Waals surface area contributed by atoms with Crippen molar-refractivity contribution in [2.24, 2.45) is 11.8 Å². The summed E-state index contributed by atoms with van der Waals surface area (Å²) in [6, 6.07) is 11.1. The fraction of sp³-hybridized carbons (Fsp3) is 0.407. The second kappa shape index (κ2) is 10.6. The number of nitrogens with zero attached hydrogens (tertiary/aromatic N) is 4. The second-order valence-electron chi connectivity index (χ2n) is 10.7. The first kappa shape index (κ1) is 27.3. The van der Waals surface area contributed by atoms with Gasteiger partial charge in [-0.25, -0.2) is 19.7 Å². The Bertz CT molecular complexity index is 1420. The van der Waals surface area contributed by atoms with Crippen LogP contribution in [0, 0.1) is 11.8 Å². The quantitative estimate of drug-likeness (QED) is 0.437. The monoisotopic (exact) mass is 538 g/mol. The van der Waals surface area contributed by atoms with E-state index < -0.39 is 15.9 Å². The van der Waals surface area contributed by atoms with Gasteiger partial charge in [-0.1, -0.05) is 26.8 Å². The lowest BCUT2D eigenvalue weighted by atomic mass is 9.97. The molecule has 1 saturated heterocycles. The van der Waals surface area contributed by atoms with Gasteiger partial charge in [0, 0.05) is 29.9 Å². The number of carbonyl (C=O) groups excluding carboxylic acids is 1. The van der Waals surface area contributed by atoms with Crippen LogP contribution in [0.25, 0.3) is 11.3 Å². The van der Waals surface area contributed by atoms with E-state index in [1.54, 1.807) is 24.4 Å². The number of nitrogen functional groups attached to an aromatic ring is 1. The molecule has 0 radical (unpaired) electrons. The minimum absolute atomic E-state index is 0.0362. The second-order valence-corrected chi connectivity index (χ2v) is 12.4. The summed E-state index contributed by atoms with van der Waals surface area (Å²) in [7, 11) is -4.25. The predicted octanol–water partition coefficient (Wildman–Crippen LogP) is 3.90. The van der Waals surface area contributed by atoms with Crippen molar-refractivity contribution in [1.29, 1.82) is 0 Å². The van der Waals surface area contributed by atoms with Crippen LogP contribution < -0.4 is 20.1 Å². The van der Waals surface area contributed by atoms with E-state index in [9.17, 15) is 13.2 Å². The number of rotatable bonds is 8. The first-order valence-corrected chi connectivity index (χ1v) is 14.0. The van der Waals surface area contributed by atoms with Crippen LogP contribution in [0.3, 0.4) is 0 Å². The molecular formula is C27H34N6O4S. The molecule has 4 heterocycles. The number of anilines is 2. The van der Waals surface area contributed by atoms with Crippen LogP contribution in [-0.4, -0.2) is 48.0 Å². The molecule has 1 amide bonds. The van der Waals surface area contributed by atoms with E-state index in [0.29, 0.717) is 42.4 Å². The van der Waals surface area contributed by atoms with E-state index >= 15 is 0 Å². The van der Waals surface area contributed by atoms with Crippen molar-refractivity contribution < 1.29 is 17.9 Å². The van der Waals surface area contributed by atoms with E-state index in [0.717, 1.165) is 12.0 Å². The van der Waals surface area contributed by atoms with Crippen molar-refractivity contribution in [3.05, 3.63) is 54.2 Å². The summed E-state index contributed by atoms with van der Waals surface area (Å²) in [6.07, 6.45) is 2.57. The van der Waals surface area contributed by atoms with E-state index in [1.807, 2.05) is 6.07 Å². The molecule has 1 aliphatic rings. The molecule has 3 aromatic rings. The highest BCUT2D eigenvalue weighted by Crippen LogP contribution is 2.38. The molecule has 0 saturated carbocycles. The lowest BCUT2D eigenvalue weighted by molar-refractivity contribution is 0.0981. The maximum absolute atomic E-state index is 13.4. The highest BCUT2D eigenvalue weighted by Gasteiger charge is 2.39. The number of ether oxygens (including phenoxy) is 1. The molecule has 0 aliphatic carbocycles. The van der Waals surface area contributed by atoms with Crippen molar-refractivity contribution in [1.82, 2.24) is 19.7 Å². The summed E-state index contributed by atoms with van der Waals surface area (Å²) < 4.78 is 33.6. The summed E-state index contributed by atoms with van der Waals surface area (Å²) in [5.74, 6) is 0.914. The molecule has 1 aliphatic heterocycles. The topological polar surface area (TPSA) is 140 Å². The van der Waals surface area contributed by atoms with Gasteiger partial charge in [0.05, 0.1) is 17.9 Å². The molecule has 1 unspecified atom stereocenters. The number of aromatic nitrogens is 3. The number of sulfonamides is 1. The molecule has 1 atom stereocenters. The third-order valence-corrected chi connectivity index (χ3v) is 7.52. The Kier molecular flexibility index (Phi) is 7.59. The van der Waals surface area contributed by atoms with Crippen molar-refractivity contribution in [2.75, 3.05) is 23.8 Å². The summed E-state index contributed by atoms with van der Waals surface area (Å²) in [4.78, 5) is 28.5. The zero-order valence-corrected chi connectivity index (χ0v) is 23.1. The molecule has 3 aromatic heterocycles. The van der Waals surface area contributed by atoms with Crippen LogP contribution in [0.2, 0.25) is 0 Å². The Morgan fingerprint density at radius 3 is 2.55 bits per heavy atom. The van der Waals surface area contributed by atoms with Gasteiger partial charge < -0.3 is 15.4 Å². The Hall–Kier alpha value is -3.73. The molecule has 10 nitrogen and oxygen atoms in total. The molecule has 202 valence electrons. The number of carbonyl (C=O) groups is 1. The Balaban J connectivity index is 1.70. The van der Waals surface area contributed by atoms with Gasteiger partial charge >= 0.3 is 0 Å². The Morgan fingerprint density at radius 1 is 1.18 bits per heavy atom. The smallest absolute Gasteiger partial charge is 0.281 e. The van der Waals surface area contributed by atoms with E-state index in [4.69, 9.17) is 15.5 Å². The van der Waals surface area contributed by atoms with Gasteiger partial charge in [-0.2, -0.15) is 8.42 Å². The van der Waals surface area contributed by atoms with Crippen LogP contribution >= 0.6 is 0 Å². The molecule has 3 N–H and O–H groups in total. The standard InChI is InChI=1S/C27H34N6O4S/c1-17(2)16-37-23-12-9-19(14-29-23)21-11-10-20(25(30-21)33-15-18(3)13-27(33,4)5)26(34)32-38(35,36)24-8-6-7-22(28)31-24/h6-12,14,17-18H,13,15-16H2,1-5H3,(H2,28,31)(H,32,34). The molecule has 0 aromatic carbocycles. The zero-order valence-electron chi connectivity index (χ0n) is 22.3. The minimum Gasteiger partial charge on any atom is -0.477 e. The van der Waals surface area contributed by atoms with Crippen LogP contribution in [0.5, 0.6) is 5.88 Å². The SMILES string of the molecule is CC(C)COc1ccc(-c2ccc(C(=O)NS(=O)(=O)c3cccc(N)n3)c(N3CC(C)CC3(C)C)n2)cn1. The normalized spacial score (nSPS) is 17.0. The van der Waals surface area contributed by atoms with E-state index in [-0.39, 0.29) is 21.9 Å². The van der Waals surface area contributed by atoms with Crippen LogP contribution in [-0.2, 0) is 10.0 Å². The van der Waals surface area contributed by atoms with Gasteiger partial charge in [-0.05, 0) is 62.4 Å². The summed E-state index contributed by atoms with van der Waals surface area (Å²) in [5.41, 5.74) is 6.85. The van der Waals surface area contributed by atoms with Crippen LogP contribution in [0.15, 0.2) is 53.7 Å². The number of amides is 1. The summed E-state index contributed by atoms with van der Waals surface area (Å²) in [5, 5.41) is -0.335. The Morgan fingerprint density at radius 2 is 1.95 bits per heavy atom.